The third-order valence-electron chi connectivity index (χ3n) is 3.21. The van der Waals surface area contributed by atoms with E-state index in [2.05, 4.69) is 10.6 Å². The lowest BCUT2D eigenvalue weighted by atomic mass is 10.0. The summed E-state index contributed by atoms with van der Waals surface area (Å²) >= 11 is 0. The highest BCUT2D eigenvalue weighted by Crippen LogP contribution is 2.11. The van der Waals surface area contributed by atoms with Gasteiger partial charge >= 0.3 is 0 Å². The third kappa shape index (κ3) is 4.94. The molecule has 4 nitrogen and oxygen atoms in total. The SMILES string of the molecule is CC[C@@H](CO)NC(=O)CCC1CCCCN1. The van der Waals surface area contributed by atoms with E-state index in [0.29, 0.717) is 12.5 Å². The van der Waals surface area contributed by atoms with E-state index in [9.17, 15) is 4.79 Å². The molecule has 1 heterocycles. The number of piperidine rings is 1. The van der Waals surface area contributed by atoms with Crippen LogP contribution in [0.15, 0.2) is 0 Å². The van der Waals surface area contributed by atoms with Gasteiger partial charge in [0.15, 0.2) is 0 Å². The summed E-state index contributed by atoms with van der Waals surface area (Å²) in [6, 6.07) is 0.431. The molecule has 0 aromatic rings. The average molecular weight is 228 g/mol. The fourth-order valence-electron chi connectivity index (χ4n) is 2.05. The van der Waals surface area contributed by atoms with Crippen molar-refractivity contribution in [3.63, 3.8) is 0 Å². The van der Waals surface area contributed by atoms with Gasteiger partial charge in [0.25, 0.3) is 0 Å². The number of carbonyl (C=O) groups is 1. The summed E-state index contributed by atoms with van der Waals surface area (Å²) in [5.74, 6) is 0.0632. The molecule has 16 heavy (non-hydrogen) atoms. The molecule has 0 radical (unpaired) electrons. The molecule has 1 aliphatic heterocycles. The van der Waals surface area contributed by atoms with Gasteiger partial charge in [-0.25, -0.2) is 0 Å². The van der Waals surface area contributed by atoms with Crippen LogP contribution in [0.3, 0.4) is 0 Å². The number of aliphatic hydroxyl groups is 1. The van der Waals surface area contributed by atoms with Crippen molar-refractivity contribution in [3.05, 3.63) is 0 Å². The number of carbonyl (C=O) groups excluding carboxylic acids is 1. The lowest BCUT2D eigenvalue weighted by molar-refractivity contribution is -0.122. The van der Waals surface area contributed by atoms with Gasteiger partial charge in [0.05, 0.1) is 12.6 Å². The number of hydrogen-bond donors (Lipinski definition) is 3. The van der Waals surface area contributed by atoms with Crippen LogP contribution in [0.5, 0.6) is 0 Å². The first-order valence-corrected chi connectivity index (χ1v) is 6.39. The Morgan fingerprint density at radius 3 is 2.94 bits per heavy atom. The van der Waals surface area contributed by atoms with Crippen LogP contribution in [0.2, 0.25) is 0 Å². The third-order valence-corrected chi connectivity index (χ3v) is 3.21. The second kappa shape index (κ2) is 7.63. The van der Waals surface area contributed by atoms with Crippen LogP contribution in [0.4, 0.5) is 0 Å². The normalized spacial score (nSPS) is 22.8. The molecule has 1 unspecified atom stereocenters. The van der Waals surface area contributed by atoms with Crippen LogP contribution in [-0.2, 0) is 4.79 Å². The highest BCUT2D eigenvalue weighted by molar-refractivity contribution is 5.76. The largest absolute Gasteiger partial charge is 0.394 e. The molecule has 3 N–H and O–H groups in total. The quantitative estimate of drug-likeness (QED) is 0.630. The molecular formula is C12H24N2O2. The lowest BCUT2D eigenvalue weighted by Crippen LogP contribution is -2.39. The number of nitrogens with one attached hydrogen (secondary N) is 2. The monoisotopic (exact) mass is 228 g/mol. The Labute approximate surface area is 97.8 Å². The van der Waals surface area contributed by atoms with Gasteiger partial charge in [0.2, 0.25) is 5.91 Å². The van der Waals surface area contributed by atoms with Gasteiger partial charge in [-0.05, 0) is 32.2 Å². The highest BCUT2D eigenvalue weighted by atomic mass is 16.3. The van der Waals surface area contributed by atoms with Gasteiger partial charge in [-0.15, -0.1) is 0 Å². The average Bonchev–Trinajstić information content (AvgIpc) is 2.34. The molecule has 0 aliphatic carbocycles. The predicted octanol–water partition coefficient (Wildman–Crippen LogP) is 0.796. The molecule has 0 saturated carbocycles. The van der Waals surface area contributed by atoms with Crippen molar-refractivity contribution >= 4 is 5.91 Å². The molecule has 1 rings (SSSR count). The van der Waals surface area contributed by atoms with E-state index < -0.39 is 0 Å². The fraction of sp³-hybridized carbons (Fsp3) is 0.917. The van der Waals surface area contributed by atoms with E-state index in [1.807, 2.05) is 6.92 Å². The van der Waals surface area contributed by atoms with E-state index in [1.54, 1.807) is 0 Å². The van der Waals surface area contributed by atoms with Crippen LogP contribution in [-0.4, -0.2) is 36.2 Å². The van der Waals surface area contributed by atoms with Gasteiger partial charge < -0.3 is 15.7 Å². The van der Waals surface area contributed by atoms with Crippen LogP contribution >= 0.6 is 0 Å². The van der Waals surface area contributed by atoms with Crippen molar-refractivity contribution in [2.45, 2.75) is 57.5 Å². The Morgan fingerprint density at radius 2 is 2.38 bits per heavy atom. The minimum atomic E-state index is -0.0770. The molecule has 1 saturated heterocycles. The van der Waals surface area contributed by atoms with Crippen LogP contribution in [0, 0.1) is 0 Å². The van der Waals surface area contributed by atoms with Crippen molar-refractivity contribution in [1.29, 1.82) is 0 Å². The Balaban J connectivity index is 2.13. The van der Waals surface area contributed by atoms with Crippen molar-refractivity contribution < 1.29 is 9.90 Å². The van der Waals surface area contributed by atoms with Gasteiger partial charge in [-0.1, -0.05) is 13.3 Å². The zero-order valence-corrected chi connectivity index (χ0v) is 10.2. The molecule has 1 amide bonds. The van der Waals surface area contributed by atoms with Crippen molar-refractivity contribution in [1.82, 2.24) is 10.6 Å². The number of rotatable bonds is 6. The van der Waals surface area contributed by atoms with Crippen molar-refractivity contribution in [2.75, 3.05) is 13.2 Å². The maximum absolute atomic E-state index is 11.6. The Morgan fingerprint density at radius 1 is 1.56 bits per heavy atom. The van der Waals surface area contributed by atoms with Crippen molar-refractivity contribution in [3.8, 4) is 0 Å². The van der Waals surface area contributed by atoms with E-state index in [1.165, 1.54) is 19.3 Å². The first kappa shape index (κ1) is 13.5. The smallest absolute Gasteiger partial charge is 0.220 e. The van der Waals surface area contributed by atoms with E-state index in [-0.39, 0.29) is 18.6 Å². The predicted molar refractivity (Wildman–Crippen MR) is 64.2 cm³/mol. The molecule has 0 bridgehead atoms. The molecule has 4 heteroatoms. The molecule has 1 fully saturated rings. The molecule has 94 valence electrons. The second-order valence-corrected chi connectivity index (χ2v) is 4.54. The van der Waals surface area contributed by atoms with E-state index in [0.717, 1.165) is 19.4 Å². The molecular weight excluding hydrogens is 204 g/mol. The Hall–Kier alpha value is -0.610. The zero-order chi connectivity index (χ0) is 11.8. The van der Waals surface area contributed by atoms with Crippen molar-refractivity contribution in [2.24, 2.45) is 0 Å². The highest BCUT2D eigenvalue weighted by Gasteiger charge is 2.15. The summed E-state index contributed by atoms with van der Waals surface area (Å²) in [6.07, 6.45) is 5.97. The Bertz CT molecular complexity index is 199. The fourth-order valence-corrected chi connectivity index (χ4v) is 2.05. The van der Waals surface area contributed by atoms with Gasteiger partial charge in [0, 0.05) is 12.5 Å². The number of amides is 1. The Kier molecular flexibility index (Phi) is 6.42. The van der Waals surface area contributed by atoms with Crippen LogP contribution in [0.25, 0.3) is 0 Å². The maximum Gasteiger partial charge on any atom is 0.220 e. The molecule has 0 aromatic heterocycles. The molecule has 1 aliphatic rings. The van der Waals surface area contributed by atoms with E-state index in [4.69, 9.17) is 5.11 Å². The van der Waals surface area contributed by atoms with Crippen LogP contribution < -0.4 is 10.6 Å². The summed E-state index contributed by atoms with van der Waals surface area (Å²) in [4.78, 5) is 11.6. The van der Waals surface area contributed by atoms with Gasteiger partial charge in [-0.3, -0.25) is 4.79 Å². The standard InChI is InChI=1S/C12H24N2O2/c1-2-10(9-15)14-12(16)7-6-11-5-3-4-8-13-11/h10-11,13,15H,2-9H2,1H3,(H,14,16)/t10-,11?/m0/s1. The minimum Gasteiger partial charge on any atom is -0.394 e. The minimum absolute atomic E-state index is 0.0317. The summed E-state index contributed by atoms with van der Waals surface area (Å²) in [5, 5.41) is 15.2. The topological polar surface area (TPSA) is 61.4 Å². The lowest BCUT2D eigenvalue weighted by Gasteiger charge is -2.23. The van der Waals surface area contributed by atoms with Gasteiger partial charge in [-0.2, -0.15) is 0 Å². The summed E-state index contributed by atoms with van der Waals surface area (Å²) < 4.78 is 0. The summed E-state index contributed by atoms with van der Waals surface area (Å²) in [7, 11) is 0. The van der Waals surface area contributed by atoms with E-state index >= 15 is 0 Å². The van der Waals surface area contributed by atoms with Gasteiger partial charge in [0.1, 0.15) is 0 Å². The molecule has 2 atom stereocenters. The maximum atomic E-state index is 11.6. The summed E-state index contributed by atoms with van der Waals surface area (Å²) in [5.41, 5.74) is 0. The molecule has 0 aromatic carbocycles. The number of hydrogen-bond acceptors (Lipinski definition) is 3. The first-order valence-electron chi connectivity index (χ1n) is 6.39. The van der Waals surface area contributed by atoms with Crippen LogP contribution in [0.1, 0.15) is 45.4 Å². The number of aliphatic hydroxyl groups excluding tert-OH is 1. The summed E-state index contributed by atoms with van der Waals surface area (Å²) in [6.45, 7) is 3.08. The molecule has 0 spiro atoms. The zero-order valence-electron chi connectivity index (χ0n) is 10.2. The second-order valence-electron chi connectivity index (χ2n) is 4.54. The first-order chi connectivity index (χ1) is 7.76.